The van der Waals surface area contributed by atoms with Crippen molar-refractivity contribution in [1.82, 2.24) is 0 Å². The molecule has 18 heavy (non-hydrogen) atoms. The first-order valence-electron chi connectivity index (χ1n) is 5.99. The molecule has 0 unspecified atom stereocenters. The highest BCUT2D eigenvalue weighted by Crippen LogP contribution is 2.28. The SMILES string of the molecule is CCc1ccc2c(S(=O)(=O)O)c(CC)ccc2c1. The minimum Gasteiger partial charge on any atom is -0.282 e. The van der Waals surface area contributed by atoms with Gasteiger partial charge in [-0.2, -0.15) is 8.42 Å². The van der Waals surface area contributed by atoms with E-state index in [1.54, 1.807) is 12.1 Å². The van der Waals surface area contributed by atoms with Crippen molar-refractivity contribution < 1.29 is 13.0 Å². The summed E-state index contributed by atoms with van der Waals surface area (Å²) in [5.41, 5.74) is 1.79. The Bertz CT molecular complexity index is 687. The van der Waals surface area contributed by atoms with E-state index < -0.39 is 10.1 Å². The molecule has 0 aliphatic rings. The van der Waals surface area contributed by atoms with Crippen molar-refractivity contribution in [3.05, 3.63) is 41.5 Å². The van der Waals surface area contributed by atoms with E-state index >= 15 is 0 Å². The summed E-state index contributed by atoms with van der Waals surface area (Å²) in [6.07, 6.45) is 1.47. The lowest BCUT2D eigenvalue weighted by molar-refractivity contribution is 0.483. The largest absolute Gasteiger partial charge is 0.295 e. The summed E-state index contributed by atoms with van der Waals surface area (Å²) in [6, 6.07) is 9.31. The molecule has 0 fully saturated rings. The third-order valence-electron chi connectivity index (χ3n) is 3.16. The summed E-state index contributed by atoms with van der Waals surface area (Å²) in [6.45, 7) is 3.92. The van der Waals surface area contributed by atoms with Gasteiger partial charge in [0.15, 0.2) is 0 Å². The van der Waals surface area contributed by atoms with Crippen LogP contribution >= 0.6 is 0 Å². The molecule has 1 N–H and O–H groups in total. The Morgan fingerprint density at radius 1 is 1.06 bits per heavy atom. The number of rotatable bonds is 3. The highest BCUT2D eigenvalue weighted by molar-refractivity contribution is 7.86. The third kappa shape index (κ3) is 2.26. The number of hydrogen-bond donors (Lipinski definition) is 1. The van der Waals surface area contributed by atoms with Crippen molar-refractivity contribution >= 4 is 20.9 Å². The normalized spacial score (nSPS) is 11.9. The molecule has 0 saturated heterocycles. The van der Waals surface area contributed by atoms with Crippen LogP contribution in [0.3, 0.4) is 0 Å². The van der Waals surface area contributed by atoms with E-state index in [-0.39, 0.29) is 4.90 Å². The third-order valence-corrected chi connectivity index (χ3v) is 4.16. The van der Waals surface area contributed by atoms with Crippen LogP contribution in [-0.4, -0.2) is 13.0 Å². The predicted molar refractivity (Wildman–Crippen MR) is 72.5 cm³/mol. The van der Waals surface area contributed by atoms with E-state index in [1.807, 2.05) is 32.0 Å². The summed E-state index contributed by atoms with van der Waals surface area (Å²) < 4.78 is 32.5. The fourth-order valence-corrected chi connectivity index (χ4v) is 3.21. The Labute approximate surface area is 107 Å². The van der Waals surface area contributed by atoms with Crippen LogP contribution in [0.25, 0.3) is 10.8 Å². The first-order chi connectivity index (χ1) is 8.47. The van der Waals surface area contributed by atoms with E-state index in [0.29, 0.717) is 17.4 Å². The standard InChI is InChI=1S/C14H16O3S/c1-3-10-5-8-13-12(9-10)7-6-11(4-2)14(13)18(15,16)17/h5-9H,3-4H2,1-2H3,(H,15,16,17). The Kier molecular flexibility index (Phi) is 3.41. The number of aryl methyl sites for hydroxylation is 2. The zero-order valence-corrected chi connectivity index (χ0v) is 11.3. The lowest BCUT2D eigenvalue weighted by Crippen LogP contribution is -2.04. The molecular formula is C14H16O3S. The van der Waals surface area contributed by atoms with Crippen molar-refractivity contribution in [3.8, 4) is 0 Å². The Morgan fingerprint density at radius 3 is 2.33 bits per heavy atom. The molecular weight excluding hydrogens is 248 g/mol. The molecule has 0 aliphatic heterocycles. The fraction of sp³-hybridized carbons (Fsp3) is 0.286. The van der Waals surface area contributed by atoms with Gasteiger partial charge in [-0.05, 0) is 29.4 Å². The maximum atomic E-state index is 11.5. The van der Waals surface area contributed by atoms with Crippen LogP contribution in [0.5, 0.6) is 0 Å². The van der Waals surface area contributed by atoms with Gasteiger partial charge >= 0.3 is 0 Å². The first kappa shape index (κ1) is 13.1. The summed E-state index contributed by atoms with van der Waals surface area (Å²) in [4.78, 5) is 0.0464. The second-order valence-corrected chi connectivity index (χ2v) is 5.65. The lowest BCUT2D eigenvalue weighted by Gasteiger charge is -2.10. The summed E-state index contributed by atoms with van der Waals surface area (Å²) in [5, 5.41) is 1.44. The molecule has 0 amide bonds. The van der Waals surface area contributed by atoms with Gasteiger partial charge in [0.2, 0.25) is 0 Å². The number of hydrogen-bond acceptors (Lipinski definition) is 2. The number of fused-ring (bicyclic) bond motifs is 1. The van der Waals surface area contributed by atoms with Crippen molar-refractivity contribution in [2.75, 3.05) is 0 Å². The van der Waals surface area contributed by atoms with Crippen molar-refractivity contribution in [2.24, 2.45) is 0 Å². The second-order valence-electron chi connectivity index (χ2n) is 4.29. The summed E-state index contributed by atoms with van der Waals surface area (Å²) in [5.74, 6) is 0. The zero-order chi connectivity index (χ0) is 13.3. The van der Waals surface area contributed by atoms with Crippen LogP contribution in [0.2, 0.25) is 0 Å². The molecule has 0 heterocycles. The molecule has 96 valence electrons. The maximum Gasteiger partial charge on any atom is 0.295 e. The van der Waals surface area contributed by atoms with Crippen molar-refractivity contribution in [1.29, 1.82) is 0 Å². The fourth-order valence-electron chi connectivity index (χ4n) is 2.20. The summed E-state index contributed by atoms with van der Waals surface area (Å²) in [7, 11) is -4.19. The van der Waals surface area contributed by atoms with E-state index in [1.165, 1.54) is 0 Å². The molecule has 0 atom stereocenters. The van der Waals surface area contributed by atoms with Gasteiger partial charge in [0.25, 0.3) is 10.1 Å². The van der Waals surface area contributed by atoms with Crippen LogP contribution < -0.4 is 0 Å². The average Bonchev–Trinajstić information content (AvgIpc) is 2.35. The van der Waals surface area contributed by atoms with E-state index in [0.717, 1.165) is 17.4 Å². The maximum absolute atomic E-state index is 11.5. The van der Waals surface area contributed by atoms with E-state index in [2.05, 4.69) is 0 Å². The van der Waals surface area contributed by atoms with Gasteiger partial charge < -0.3 is 0 Å². The molecule has 0 bridgehead atoms. The monoisotopic (exact) mass is 264 g/mol. The minimum atomic E-state index is -4.19. The molecule has 4 heteroatoms. The Morgan fingerprint density at radius 2 is 1.78 bits per heavy atom. The molecule has 0 saturated carbocycles. The quantitative estimate of drug-likeness (QED) is 0.866. The van der Waals surface area contributed by atoms with E-state index in [4.69, 9.17) is 0 Å². The molecule has 0 aromatic heterocycles. The van der Waals surface area contributed by atoms with Crippen LogP contribution in [-0.2, 0) is 23.0 Å². The zero-order valence-electron chi connectivity index (χ0n) is 10.5. The Balaban J connectivity index is 2.87. The molecule has 2 aromatic rings. The molecule has 2 aromatic carbocycles. The van der Waals surface area contributed by atoms with Crippen LogP contribution in [0.1, 0.15) is 25.0 Å². The second kappa shape index (κ2) is 4.71. The van der Waals surface area contributed by atoms with Crippen LogP contribution in [0.4, 0.5) is 0 Å². The Hall–Kier alpha value is -1.39. The lowest BCUT2D eigenvalue weighted by atomic mass is 10.0. The molecule has 0 spiro atoms. The highest BCUT2D eigenvalue weighted by atomic mass is 32.2. The topological polar surface area (TPSA) is 54.4 Å². The molecule has 0 aliphatic carbocycles. The highest BCUT2D eigenvalue weighted by Gasteiger charge is 2.18. The molecule has 3 nitrogen and oxygen atoms in total. The van der Waals surface area contributed by atoms with Crippen LogP contribution in [0.15, 0.2) is 35.2 Å². The molecule has 2 rings (SSSR count). The van der Waals surface area contributed by atoms with Crippen molar-refractivity contribution in [3.63, 3.8) is 0 Å². The smallest absolute Gasteiger partial charge is 0.282 e. The van der Waals surface area contributed by atoms with E-state index in [9.17, 15) is 13.0 Å². The van der Waals surface area contributed by atoms with Gasteiger partial charge in [-0.15, -0.1) is 0 Å². The first-order valence-corrected chi connectivity index (χ1v) is 7.43. The van der Waals surface area contributed by atoms with Crippen LogP contribution in [0, 0.1) is 0 Å². The van der Waals surface area contributed by atoms with Gasteiger partial charge in [-0.3, -0.25) is 4.55 Å². The predicted octanol–water partition coefficient (Wildman–Crippen LogP) is 3.21. The average molecular weight is 264 g/mol. The summed E-state index contributed by atoms with van der Waals surface area (Å²) >= 11 is 0. The number of benzene rings is 2. The molecule has 0 radical (unpaired) electrons. The van der Waals surface area contributed by atoms with Gasteiger partial charge in [0.1, 0.15) is 4.90 Å². The van der Waals surface area contributed by atoms with Gasteiger partial charge in [0, 0.05) is 5.39 Å². The van der Waals surface area contributed by atoms with Gasteiger partial charge in [-0.1, -0.05) is 44.2 Å². The minimum absolute atomic E-state index is 0.0464. The van der Waals surface area contributed by atoms with Crippen molar-refractivity contribution in [2.45, 2.75) is 31.6 Å². The van der Waals surface area contributed by atoms with Gasteiger partial charge in [-0.25, -0.2) is 0 Å². The van der Waals surface area contributed by atoms with Gasteiger partial charge in [0.05, 0.1) is 0 Å².